The van der Waals surface area contributed by atoms with Gasteiger partial charge in [0.05, 0.1) is 6.21 Å². The van der Waals surface area contributed by atoms with Gasteiger partial charge in [-0.1, -0.05) is 6.08 Å². The Morgan fingerprint density at radius 3 is 3.00 bits per heavy atom. The number of halogens is 1. The minimum absolute atomic E-state index is 0.237. The quantitative estimate of drug-likeness (QED) is 0.330. The van der Waals surface area contributed by atoms with Crippen molar-refractivity contribution in [2.75, 3.05) is 6.67 Å². The second-order valence-electron chi connectivity index (χ2n) is 1.35. The molecule has 0 atom stereocenters. The van der Waals surface area contributed by atoms with Crippen molar-refractivity contribution in [3.63, 3.8) is 0 Å². The van der Waals surface area contributed by atoms with E-state index in [9.17, 15) is 4.39 Å². The smallest absolute Gasteiger partial charge is 0.136 e. The van der Waals surface area contributed by atoms with Gasteiger partial charge in [0.15, 0.2) is 0 Å². The van der Waals surface area contributed by atoms with E-state index in [-0.39, 0.29) is 12.5 Å². The first-order valence-corrected chi connectivity index (χ1v) is 2.56. The number of rotatable bonds is 3. The standard InChI is InChI=1S/C5H10FN3/c1-2-5(6)3-8-4-9-7/h2-3,9H,4,7H2,1H3/b5-2+,8-3-. The van der Waals surface area contributed by atoms with Crippen molar-refractivity contribution >= 4 is 6.21 Å². The maximum Gasteiger partial charge on any atom is 0.136 e. The van der Waals surface area contributed by atoms with Crippen LogP contribution in [0.2, 0.25) is 0 Å². The molecule has 0 aliphatic heterocycles. The third-order valence-electron chi connectivity index (χ3n) is 0.673. The molecule has 0 aromatic rings. The number of nitrogens with one attached hydrogen (secondary N) is 1. The van der Waals surface area contributed by atoms with Crippen LogP contribution in [0.5, 0.6) is 0 Å². The second-order valence-corrected chi connectivity index (χ2v) is 1.35. The fourth-order valence-corrected chi connectivity index (χ4v) is 0.260. The Kier molecular flexibility index (Phi) is 4.95. The van der Waals surface area contributed by atoms with E-state index in [1.54, 1.807) is 6.92 Å². The molecule has 0 aromatic carbocycles. The fraction of sp³-hybridized carbons (Fsp3) is 0.400. The highest BCUT2D eigenvalue weighted by atomic mass is 19.1. The van der Waals surface area contributed by atoms with E-state index in [0.717, 1.165) is 6.21 Å². The van der Waals surface area contributed by atoms with Crippen LogP contribution in [-0.4, -0.2) is 12.9 Å². The normalized spacial score (nSPS) is 13.0. The first-order chi connectivity index (χ1) is 4.31. The number of nitrogens with two attached hydrogens (primary N) is 1. The average molecular weight is 131 g/mol. The van der Waals surface area contributed by atoms with Crippen LogP contribution < -0.4 is 11.3 Å². The van der Waals surface area contributed by atoms with Crippen molar-refractivity contribution in [2.24, 2.45) is 10.8 Å². The Morgan fingerprint density at radius 1 is 1.89 bits per heavy atom. The van der Waals surface area contributed by atoms with Crippen LogP contribution in [0.3, 0.4) is 0 Å². The lowest BCUT2D eigenvalue weighted by Crippen LogP contribution is -2.21. The zero-order valence-corrected chi connectivity index (χ0v) is 5.26. The van der Waals surface area contributed by atoms with E-state index in [0.29, 0.717) is 0 Å². The molecule has 0 rings (SSSR count). The lowest BCUT2D eigenvalue weighted by Gasteiger charge is -1.86. The topological polar surface area (TPSA) is 50.4 Å². The highest BCUT2D eigenvalue weighted by Crippen LogP contribution is 1.88. The fourth-order valence-electron chi connectivity index (χ4n) is 0.260. The van der Waals surface area contributed by atoms with E-state index >= 15 is 0 Å². The number of aliphatic imine (C=N–C) groups is 1. The summed E-state index contributed by atoms with van der Waals surface area (Å²) >= 11 is 0. The van der Waals surface area contributed by atoms with E-state index in [1.807, 2.05) is 0 Å². The van der Waals surface area contributed by atoms with Gasteiger partial charge in [-0.05, 0) is 6.92 Å². The SMILES string of the molecule is C/C=C(F)\C=N/CNN. The lowest BCUT2D eigenvalue weighted by molar-refractivity contribution is 0.680. The van der Waals surface area contributed by atoms with Crippen molar-refractivity contribution in [1.29, 1.82) is 0 Å². The molecule has 0 saturated carbocycles. The molecule has 52 valence electrons. The maximum absolute atomic E-state index is 12.1. The van der Waals surface area contributed by atoms with Gasteiger partial charge < -0.3 is 0 Å². The monoisotopic (exact) mass is 131 g/mol. The van der Waals surface area contributed by atoms with Crippen LogP contribution in [0.1, 0.15) is 6.92 Å². The van der Waals surface area contributed by atoms with Crippen molar-refractivity contribution in [3.05, 3.63) is 11.9 Å². The molecule has 0 aliphatic rings. The number of hydrogen-bond acceptors (Lipinski definition) is 3. The molecule has 0 unspecified atom stereocenters. The van der Waals surface area contributed by atoms with Gasteiger partial charge in [-0.3, -0.25) is 10.8 Å². The molecule has 0 radical (unpaired) electrons. The van der Waals surface area contributed by atoms with Gasteiger partial charge >= 0.3 is 0 Å². The van der Waals surface area contributed by atoms with Gasteiger partial charge in [0.2, 0.25) is 0 Å². The lowest BCUT2D eigenvalue weighted by atomic mass is 10.5. The second kappa shape index (κ2) is 5.40. The molecular weight excluding hydrogens is 121 g/mol. The molecule has 0 fully saturated rings. The van der Waals surface area contributed by atoms with Gasteiger partial charge in [0.25, 0.3) is 0 Å². The Bertz CT molecular complexity index is 119. The first-order valence-electron chi connectivity index (χ1n) is 2.56. The van der Waals surface area contributed by atoms with Crippen LogP contribution in [0.15, 0.2) is 16.9 Å². The van der Waals surface area contributed by atoms with Crippen LogP contribution in [0, 0.1) is 0 Å². The summed E-state index contributed by atoms with van der Waals surface area (Å²) in [5.74, 6) is 4.49. The molecule has 0 aliphatic carbocycles. The summed E-state index contributed by atoms with van der Waals surface area (Å²) in [5.41, 5.74) is 2.26. The Hall–Kier alpha value is -0.740. The minimum atomic E-state index is -0.356. The Balaban J connectivity index is 3.45. The molecule has 3 nitrogen and oxygen atoms in total. The summed E-state index contributed by atoms with van der Waals surface area (Å²) in [6.07, 6.45) is 2.43. The summed E-state index contributed by atoms with van der Waals surface area (Å²) in [5, 5.41) is 0. The number of hydrazine groups is 1. The Morgan fingerprint density at radius 2 is 2.56 bits per heavy atom. The highest BCUT2D eigenvalue weighted by molar-refractivity contribution is 5.75. The predicted molar refractivity (Wildman–Crippen MR) is 35.5 cm³/mol. The van der Waals surface area contributed by atoms with Crippen molar-refractivity contribution in [2.45, 2.75) is 6.92 Å². The third-order valence-corrected chi connectivity index (χ3v) is 0.673. The molecule has 4 heteroatoms. The van der Waals surface area contributed by atoms with Gasteiger partial charge in [0, 0.05) is 0 Å². The molecule has 0 spiro atoms. The summed E-state index contributed by atoms with van der Waals surface area (Å²) in [4.78, 5) is 3.56. The van der Waals surface area contributed by atoms with Crippen LogP contribution in [0.4, 0.5) is 4.39 Å². The van der Waals surface area contributed by atoms with Crippen LogP contribution in [-0.2, 0) is 0 Å². The average Bonchev–Trinajstić information content (AvgIpc) is 1.89. The van der Waals surface area contributed by atoms with Gasteiger partial charge in [-0.2, -0.15) is 0 Å². The predicted octanol–water partition coefficient (Wildman–Crippen LogP) is 0.351. The van der Waals surface area contributed by atoms with Crippen molar-refractivity contribution in [1.82, 2.24) is 5.43 Å². The zero-order chi connectivity index (χ0) is 7.11. The molecule has 0 amide bonds. The van der Waals surface area contributed by atoms with Crippen molar-refractivity contribution in [3.8, 4) is 0 Å². The zero-order valence-electron chi connectivity index (χ0n) is 5.26. The van der Waals surface area contributed by atoms with Gasteiger partial charge in [-0.15, -0.1) is 0 Å². The number of hydrogen-bond donors (Lipinski definition) is 2. The molecule has 0 heterocycles. The summed E-state index contributed by atoms with van der Waals surface area (Å²) < 4.78 is 12.1. The van der Waals surface area contributed by atoms with E-state index in [2.05, 4.69) is 10.4 Å². The van der Waals surface area contributed by atoms with Crippen molar-refractivity contribution < 1.29 is 4.39 Å². The van der Waals surface area contributed by atoms with Crippen LogP contribution >= 0.6 is 0 Å². The third kappa shape index (κ3) is 5.13. The molecule has 0 saturated heterocycles. The number of nitrogens with zero attached hydrogens (tertiary/aromatic N) is 1. The maximum atomic E-state index is 12.1. The molecule has 3 N–H and O–H groups in total. The van der Waals surface area contributed by atoms with Crippen LogP contribution in [0.25, 0.3) is 0 Å². The number of allylic oxidation sites excluding steroid dienone is 2. The summed E-state index contributed by atoms with van der Waals surface area (Å²) in [7, 11) is 0. The van der Waals surface area contributed by atoms with E-state index in [1.165, 1.54) is 6.08 Å². The molecular formula is C5H10FN3. The van der Waals surface area contributed by atoms with Gasteiger partial charge in [-0.25, -0.2) is 9.82 Å². The molecule has 0 aromatic heterocycles. The molecule has 0 bridgehead atoms. The van der Waals surface area contributed by atoms with E-state index in [4.69, 9.17) is 5.84 Å². The minimum Gasteiger partial charge on any atom is -0.274 e. The van der Waals surface area contributed by atoms with E-state index < -0.39 is 0 Å². The molecule has 9 heavy (non-hydrogen) atoms. The Labute approximate surface area is 53.4 Å². The summed E-state index contributed by atoms with van der Waals surface area (Å²) in [6, 6.07) is 0. The van der Waals surface area contributed by atoms with Gasteiger partial charge in [0.1, 0.15) is 12.5 Å². The summed E-state index contributed by atoms with van der Waals surface area (Å²) in [6.45, 7) is 1.83. The largest absolute Gasteiger partial charge is 0.274 e. The highest BCUT2D eigenvalue weighted by Gasteiger charge is 1.80. The first kappa shape index (κ1) is 8.26.